The predicted octanol–water partition coefficient (Wildman–Crippen LogP) is 4.18. The second-order valence-corrected chi connectivity index (χ2v) is 6.72. The van der Waals surface area contributed by atoms with Crippen molar-refractivity contribution in [3.63, 3.8) is 0 Å². The largest absolute Gasteiger partial charge is 0.484 e. The molecule has 0 saturated carbocycles. The second kappa shape index (κ2) is 7.92. The van der Waals surface area contributed by atoms with Gasteiger partial charge in [-0.05, 0) is 43.3 Å². The van der Waals surface area contributed by atoms with Crippen LogP contribution >= 0.6 is 11.3 Å². The summed E-state index contributed by atoms with van der Waals surface area (Å²) in [5.41, 5.74) is 1.37. The van der Waals surface area contributed by atoms with Gasteiger partial charge in [0.2, 0.25) is 0 Å². The molecule has 0 radical (unpaired) electrons. The smallest absolute Gasteiger partial charge is 0.269 e. The molecular weight excluding hydrogens is 373 g/mol. The van der Waals surface area contributed by atoms with Gasteiger partial charge >= 0.3 is 0 Å². The first-order valence-electron chi connectivity index (χ1n) is 7.83. The number of halogens is 1. The molecule has 1 N–H and O–H groups in total. The van der Waals surface area contributed by atoms with Gasteiger partial charge in [-0.15, -0.1) is 11.3 Å². The van der Waals surface area contributed by atoms with Crippen LogP contribution in [0.4, 0.5) is 15.2 Å². The fourth-order valence-electron chi connectivity index (χ4n) is 2.29. The zero-order valence-corrected chi connectivity index (χ0v) is 15.0. The molecule has 3 rings (SSSR count). The lowest BCUT2D eigenvalue weighted by atomic mass is 10.1. The summed E-state index contributed by atoms with van der Waals surface area (Å²) in [5, 5.41) is 13.7. The molecule has 0 aliphatic rings. The number of non-ortho nitro benzene ring substituents is 1. The number of rotatable bonds is 6. The number of ether oxygens (including phenoxy) is 1. The van der Waals surface area contributed by atoms with Gasteiger partial charge in [0.05, 0.1) is 10.6 Å². The number of nitrogens with one attached hydrogen (secondary N) is 1. The first-order valence-corrected chi connectivity index (χ1v) is 8.64. The van der Waals surface area contributed by atoms with Gasteiger partial charge in [-0.25, -0.2) is 9.37 Å². The number of carbonyl (C=O) groups excluding carboxylic acids is 1. The number of hydrogen-bond donors (Lipinski definition) is 1. The van der Waals surface area contributed by atoms with Crippen LogP contribution in [0.25, 0.3) is 11.3 Å². The van der Waals surface area contributed by atoms with Crippen LogP contribution < -0.4 is 10.1 Å². The fourth-order valence-corrected chi connectivity index (χ4v) is 3.15. The Balaban J connectivity index is 1.60. The Kier molecular flexibility index (Phi) is 5.41. The Hall–Kier alpha value is -3.33. The van der Waals surface area contributed by atoms with Crippen molar-refractivity contribution < 1.29 is 18.8 Å². The van der Waals surface area contributed by atoms with E-state index in [1.807, 2.05) is 6.92 Å². The van der Waals surface area contributed by atoms with Crippen molar-refractivity contribution in [2.45, 2.75) is 6.92 Å². The fraction of sp³-hybridized carbons (Fsp3) is 0.111. The van der Waals surface area contributed by atoms with E-state index in [4.69, 9.17) is 4.74 Å². The van der Waals surface area contributed by atoms with Gasteiger partial charge < -0.3 is 4.74 Å². The minimum absolute atomic E-state index is 0.0571. The van der Waals surface area contributed by atoms with Crippen LogP contribution in [-0.4, -0.2) is 22.4 Å². The molecule has 0 bridgehead atoms. The lowest BCUT2D eigenvalue weighted by Crippen LogP contribution is -2.20. The third-order valence-corrected chi connectivity index (χ3v) is 4.46. The van der Waals surface area contributed by atoms with Crippen molar-refractivity contribution in [2.75, 3.05) is 11.9 Å². The van der Waals surface area contributed by atoms with Gasteiger partial charge in [-0.2, -0.15) is 0 Å². The third kappa shape index (κ3) is 4.64. The first kappa shape index (κ1) is 18.5. The molecule has 1 aromatic heterocycles. The highest BCUT2D eigenvalue weighted by Gasteiger charge is 2.13. The van der Waals surface area contributed by atoms with Crippen molar-refractivity contribution in [1.82, 2.24) is 4.98 Å². The minimum atomic E-state index is -0.514. The molecule has 1 heterocycles. The molecule has 7 nitrogen and oxygen atoms in total. The van der Waals surface area contributed by atoms with E-state index in [-0.39, 0.29) is 18.1 Å². The summed E-state index contributed by atoms with van der Waals surface area (Å²) in [6.07, 6.45) is 0. The molecule has 3 aromatic rings. The van der Waals surface area contributed by atoms with E-state index >= 15 is 0 Å². The highest BCUT2D eigenvalue weighted by atomic mass is 32.1. The summed E-state index contributed by atoms with van der Waals surface area (Å²) in [4.78, 5) is 27.4. The second-order valence-electron chi connectivity index (χ2n) is 5.52. The van der Waals surface area contributed by atoms with E-state index in [2.05, 4.69) is 10.3 Å². The van der Waals surface area contributed by atoms with Gasteiger partial charge in [0.25, 0.3) is 11.6 Å². The van der Waals surface area contributed by atoms with Crippen LogP contribution in [-0.2, 0) is 4.79 Å². The van der Waals surface area contributed by atoms with Crippen molar-refractivity contribution in [3.8, 4) is 17.0 Å². The molecule has 27 heavy (non-hydrogen) atoms. The van der Waals surface area contributed by atoms with Crippen LogP contribution in [0.3, 0.4) is 0 Å². The number of nitro groups is 1. The summed E-state index contributed by atoms with van der Waals surface area (Å²) in [5.74, 6) is -0.394. The molecule has 0 aliphatic carbocycles. The van der Waals surface area contributed by atoms with Gasteiger partial charge in [0, 0.05) is 22.6 Å². The zero-order chi connectivity index (χ0) is 19.4. The molecule has 0 fully saturated rings. The molecule has 0 aliphatic heterocycles. The van der Waals surface area contributed by atoms with Crippen LogP contribution in [0.5, 0.6) is 5.75 Å². The van der Waals surface area contributed by atoms with Crippen molar-refractivity contribution >= 4 is 28.1 Å². The average Bonchev–Trinajstić information content (AvgIpc) is 3.01. The summed E-state index contributed by atoms with van der Waals surface area (Å²) in [6.45, 7) is 1.60. The Morgan fingerprint density at radius 1 is 1.22 bits per heavy atom. The highest BCUT2D eigenvalue weighted by molar-refractivity contribution is 7.16. The third-order valence-electron chi connectivity index (χ3n) is 3.58. The molecule has 9 heteroatoms. The summed E-state index contributed by atoms with van der Waals surface area (Å²) < 4.78 is 18.4. The molecule has 0 spiro atoms. The van der Waals surface area contributed by atoms with E-state index in [1.165, 1.54) is 47.7 Å². The lowest BCUT2D eigenvalue weighted by Gasteiger charge is -2.05. The van der Waals surface area contributed by atoms with E-state index in [9.17, 15) is 19.3 Å². The number of hydrogen-bond acceptors (Lipinski definition) is 6. The maximum absolute atomic E-state index is 13.0. The summed E-state index contributed by atoms with van der Waals surface area (Å²) >= 11 is 1.30. The van der Waals surface area contributed by atoms with Crippen LogP contribution in [0, 0.1) is 22.9 Å². The van der Waals surface area contributed by atoms with Crippen molar-refractivity contribution in [2.24, 2.45) is 0 Å². The number of aryl methyl sites for hydroxylation is 1. The summed E-state index contributed by atoms with van der Waals surface area (Å²) in [7, 11) is 0. The minimum Gasteiger partial charge on any atom is -0.484 e. The molecule has 1 amide bonds. The Morgan fingerprint density at radius 2 is 1.89 bits per heavy atom. The molecule has 2 aromatic carbocycles. The summed E-state index contributed by atoms with van der Waals surface area (Å²) in [6, 6.07) is 11.4. The number of nitrogens with zero attached hydrogens (tertiary/aromatic N) is 2. The van der Waals surface area contributed by atoms with E-state index in [0.29, 0.717) is 16.6 Å². The monoisotopic (exact) mass is 387 g/mol. The topological polar surface area (TPSA) is 94.4 Å². The molecular formula is C18H14FN3O4S. The number of nitro benzene ring substituents is 1. The standard InChI is InChI=1S/C18H14FN3O4S/c1-11-17(12-2-4-13(19)5-3-12)21-18(27-11)20-16(23)10-26-15-8-6-14(7-9-15)22(24)25/h2-9H,10H2,1H3,(H,20,21,23). The maximum atomic E-state index is 13.0. The number of carbonyl (C=O) groups is 1. The number of benzene rings is 2. The Labute approximate surface area is 157 Å². The van der Waals surface area contributed by atoms with Crippen molar-refractivity contribution in [3.05, 3.63) is 69.3 Å². The molecule has 138 valence electrons. The number of anilines is 1. The first-order chi connectivity index (χ1) is 12.9. The van der Waals surface area contributed by atoms with E-state index < -0.39 is 10.8 Å². The van der Waals surface area contributed by atoms with Crippen molar-refractivity contribution in [1.29, 1.82) is 0 Å². The van der Waals surface area contributed by atoms with Gasteiger partial charge in [-0.1, -0.05) is 0 Å². The highest BCUT2D eigenvalue weighted by Crippen LogP contribution is 2.30. The SMILES string of the molecule is Cc1sc(NC(=O)COc2ccc([N+](=O)[O-])cc2)nc1-c1ccc(F)cc1. The van der Waals surface area contributed by atoms with Gasteiger partial charge in [0.1, 0.15) is 11.6 Å². The van der Waals surface area contributed by atoms with E-state index in [0.717, 1.165) is 10.4 Å². The van der Waals surface area contributed by atoms with Gasteiger partial charge in [-0.3, -0.25) is 20.2 Å². The van der Waals surface area contributed by atoms with Gasteiger partial charge in [0.15, 0.2) is 11.7 Å². The molecule has 0 saturated heterocycles. The van der Waals surface area contributed by atoms with Crippen LogP contribution in [0.1, 0.15) is 4.88 Å². The molecule has 0 unspecified atom stereocenters. The predicted molar refractivity (Wildman–Crippen MR) is 99.5 cm³/mol. The van der Waals surface area contributed by atoms with Crippen LogP contribution in [0.15, 0.2) is 48.5 Å². The normalized spacial score (nSPS) is 10.4. The number of amides is 1. The number of thiazole rings is 1. The Bertz CT molecular complexity index is 971. The average molecular weight is 387 g/mol. The molecule has 0 atom stereocenters. The number of aromatic nitrogens is 1. The van der Waals surface area contributed by atoms with E-state index in [1.54, 1.807) is 12.1 Å². The zero-order valence-electron chi connectivity index (χ0n) is 14.1. The van der Waals surface area contributed by atoms with Crippen LogP contribution in [0.2, 0.25) is 0 Å². The quantitative estimate of drug-likeness (QED) is 0.506. The maximum Gasteiger partial charge on any atom is 0.269 e. The Morgan fingerprint density at radius 3 is 2.52 bits per heavy atom. The lowest BCUT2D eigenvalue weighted by molar-refractivity contribution is -0.384.